The molecule has 0 saturated carbocycles. The van der Waals surface area contributed by atoms with Gasteiger partial charge in [0.15, 0.2) is 5.65 Å². The van der Waals surface area contributed by atoms with Crippen LogP contribution in [0.3, 0.4) is 0 Å². The molecule has 0 fully saturated rings. The molecular formula is C14H12N4S. The molecule has 0 aromatic carbocycles. The van der Waals surface area contributed by atoms with E-state index in [9.17, 15) is 0 Å². The number of rotatable bonds is 1. The van der Waals surface area contributed by atoms with E-state index in [1.165, 1.54) is 5.56 Å². The predicted molar refractivity (Wildman–Crippen MR) is 75.6 cm³/mol. The molecule has 94 valence electrons. The molecule has 0 radical (unpaired) electrons. The first-order chi connectivity index (χ1) is 9.33. The molecule has 0 bridgehead atoms. The third-order valence-electron chi connectivity index (χ3n) is 3.58. The lowest BCUT2D eigenvalue weighted by Gasteiger charge is -2.00. The number of H-pyrrole nitrogens is 1. The van der Waals surface area contributed by atoms with E-state index in [0.717, 1.165) is 46.6 Å². The van der Waals surface area contributed by atoms with Gasteiger partial charge in [-0.25, -0.2) is 9.50 Å². The molecule has 3 aromatic heterocycles. The van der Waals surface area contributed by atoms with Gasteiger partial charge in [-0.1, -0.05) is 18.3 Å². The monoisotopic (exact) mass is 268 g/mol. The summed E-state index contributed by atoms with van der Waals surface area (Å²) < 4.78 is 2.75. The fourth-order valence-electron chi connectivity index (χ4n) is 2.65. The van der Waals surface area contributed by atoms with Gasteiger partial charge in [-0.15, -0.1) is 0 Å². The zero-order chi connectivity index (χ0) is 12.8. The molecule has 0 atom stereocenters. The van der Waals surface area contributed by atoms with Gasteiger partial charge in [0, 0.05) is 23.5 Å². The Bertz CT molecular complexity index is 817. The molecule has 4 rings (SSSR count). The molecule has 0 aliphatic heterocycles. The third-order valence-corrected chi connectivity index (χ3v) is 4.00. The lowest BCUT2D eigenvalue weighted by atomic mass is 10.2. The molecule has 0 amide bonds. The van der Waals surface area contributed by atoms with E-state index < -0.39 is 0 Å². The van der Waals surface area contributed by atoms with Crippen molar-refractivity contribution < 1.29 is 0 Å². The number of nitrogens with zero attached hydrogens (tertiary/aromatic N) is 3. The molecule has 3 aromatic rings. The number of nitrogens with one attached hydrogen (secondary N) is 1. The van der Waals surface area contributed by atoms with Gasteiger partial charge in [-0.2, -0.15) is 0 Å². The van der Waals surface area contributed by atoms with Crippen LogP contribution in [0.4, 0.5) is 0 Å². The zero-order valence-corrected chi connectivity index (χ0v) is 11.1. The van der Waals surface area contributed by atoms with Crippen LogP contribution in [0.15, 0.2) is 30.5 Å². The molecule has 1 aliphatic rings. The van der Waals surface area contributed by atoms with E-state index in [4.69, 9.17) is 17.2 Å². The third kappa shape index (κ3) is 1.62. The van der Waals surface area contributed by atoms with E-state index in [2.05, 4.69) is 10.1 Å². The lowest BCUT2D eigenvalue weighted by molar-refractivity contribution is 0.895. The van der Waals surface area contributed by atoms with Crippen molar-refractivity contribution in [2.75, 3.05) is 0 Å². The van der Waals surface area contributed by atoms with Crippen LogP contribution in [0.2, 0.25) is 0 Å². The predicted octanol–water partition coefficient (Wildman–Crippen LogP) is 2.94. The van der Waals surface area contributed by atoms with Crippen molar-refractivity contribution in [1.29, 1.82) is 0 Å². The first-order valence-electron chi connectivity index (χ1n) is 6.38. The van der Waals surface area contributed by atoms with E-state index >= 15 is 0 Å². The van der Waals surface area contributed by atoms with Gasteiger partial charge in [0.05, 0.1) is 11.4 Å². The Balaban J connectivity index is 1.99. The van der Waals surface area contributed by atoms with Gasteiger partial charge in [-0.3, -0.25) is 10.1 Å². The minimum atomic E-state index is 0.861. The number of aryl methyl sites for hydroxylation is 1. The van der Waals surface area contributed by atoms with Crippen molar-refractivity contribution in [2.24, 2.45) is 0 Å². The van der Waals surface area contributed by atoms with E-state index in [0.29, 0.717) is 0 Å². The van der Waals surface area contributed by atoms with Crippen LogP contribution < -0.4 is 0 Å². The van der Waals surface area contributed by atoms with Crippen LogP contribution in [0.1, 0.15) is 17.7 Å². The average molecular weight is 268 g/mol. The number of hydrogen-bond donors (Lipinski definition) is 1. The second kappa shape index (κ2) is 3.99. The summed E-state index contributed by atoms with van der Waals surface area (Å²) in [6.07, 6.45) is 5.03. The van der Waals surface area contributed by atoms with Crippen molar-refractivity contribution in [3.8, 4) is 11.4 Å². The van der Waals surface area contributed by atoms with Gasteiger partial charge in [0.1, 0.15) is 4.64 Å². The molecule has 0 unspecified atom stereocenters. The Kier molecular flexibility index (Phi) is 2.29. The fraction of sp³-hybridized carbons (Fsp3) is 0.214. The summed E-state index contributed by atoms with van der Waals surface area (Å²) in [5, 5.41) is 3.30. The summed E-state index contributed by atoms with van der Waals surface area (Å²) in [5.74, 6) is 0. The molecule has 19 heavy (non-hydrogen) atoms. The smallest absolute Gasteiger partial charge is 0.155 e. The standard InChI is InChI=1S/C14H12N4S/c19-14-9-4-3-6-10(9)16-13-8-12(17-18(13)14)11-5-1-2-7-15-11/h1-2,5,7-8,17H,3-4,6H2. The topological polar surface area (TPSA) is 46.0 Å². The molecule has 1 N–H and O–H groups in total. The molecule has 3 heterocycles. The SMILES string of the molecule is S=c1c2c(nc3cc(-c4ccccn4)[nH]n13)CCC2. The number of aromatic amines is 1. The first kappa shape index (κ1) is 10.9. The number of fused-ring (bicyclic) bond motifs is 2. The van der Waals surface area contributed by atoms with Crippen LogP contribution >= 0.6 is 12.2 Å². The Morgan fingerprint density at radius 2 is 2.21 bits per heavy atom. The Labute approximate surface area is 115 Å². The van der Waals surface area contributed by atoms with Crippen LogP contribution in [0.25, 0.3) is 17.0 Å². The highest BCUT2D eigenvalue weighted by Crippen LogP contribution is 2.24. The summed E-state index contributed by atoms with van der Waals surface area (Å²) >= 11 is 5.55. The second-order valence-corrected chi connectivity index (χ2v) is 5.16. The van der Waals surface area contributed by atoms with Crippen LogP contribution in [-0.2, 0) is 12.8 Å². The summed E-state index contributed by atoms with van der Waals surface area (Å²) in [7, 11) is 0. The maximum absolute atomic E-state index is 5.55. The average Bonchev–Trinajstić information content (AvgIpc) is 3.06. The fourth-order valence-corrected chi connectivity index (χ4v) is 3.01. The number of pyridine rings is 1. The van der Waals surface area contributed by atoms with Crippen molar-refractivity contribution in [2.45, 2.75) is 19.3 Å². The van der Waals surface area contributed by atoms with Crippen LogP contribution in [-0.4, -0.2) is 19.6 Å². The number of hydrogen-bond acceptors (Lipinski definition) is 3. The number of aromatic nitrogens is 4. The highest BCUT2D eigenvalue weighted by Gasteiger charge is 2.17. The van der Waals surface area contributed by atoms with Crippen molar-refractivity contribution in [3.05, 3.63) is 46.4 Å². The highest BCUT2D eigenvalue weighted by atomic mass is 32.1. The van der Waals surface area contributed by atoms with E-state index in [1.807, 2.05) is 28.8 Å². The molecule has 1 aliphatic carbocycles. The molecule has 5 heteroatoms. The molecule has 4 nitrogen and oxygen atoms in total. The molecule has 0 saturated heterocycles. The van der Waals surface area contributed by atoms with E-state index in [1.54, 1.807) is 6.20 Å². The van der Waals surface area contributed by atoms with Gasteiger partial charge in [-0.05, 0) is 31.4 Å². The van der Waals surface area contributed by atoms with Gasteiger partial charge in [0.2, 0.25) is 0 Å². The largest absolute Gasteiger partial charge is 0.289 e. The summed E-state index contributed by atoms with van der Waals surface area (Å²) in [6, 6.07) is 7.86. The second-order valence-electron chi connectivity index (χ2n) is 4.77. The van der Waals surface area contributed by atoms with Crippen molar-refractivity contribution >= 4 is 17.9 Å². The molecular weight excluding hydrogens is 256 g/mol. The maximum Gasteiger partial charge on any atom is 0.155 e. The zero-order valence-electron chi connectivity index (χ0n) is 10.3. The minimum Gasteiger partial charge on any atom is -0.289 e. The Morgan fingerprint density at radius 3 is 3.05 bits per heavy atom. The molecule has 0 spiro atoms. The van der Waals surface area contributed by atoms with Crippen LogP contribution in [0.5, 0.6) is 0 Å². The van der Waals surface area contributed by atoms with Gasteiger partial charge >= 0.3 is 0 Å². The Morgan fingerprint density at radius 1 is 1.26 bits per heavy atom. The summed E-state index contributed by atoms with van der Waals surface area (Å²) in [5.41, 5.74) is 5.12. The van der Waals surface area contributed by atoms with Crippen molar-refractivity contribution in [1.82, 2.24) is 19.6 Å². The van der Waals surface area contributed by atoms with Gasteiger partial charge in [0.25, 0.3) is 0 Å². The van der Waals surface area contributed by atoms with Gasteiger partial charge < -0.3 is 0 Å². The highest BCUT2D eigenvalue weighted by molar-refractivity contribution is 7.71. The summed E-state index contributed by atoms with van der Waals surface area (Å²) in [4.78, 5) is 9.05. The lowest BCUT2D eigenvalue weighted by Crippen LogP contribution is -1.99. The quantitative estimate of drug-likeness (QED) is 0.690. The maximum atomic E-state index is 5.55. The first-order valence-corrected chi connectivity index (χ1v) is 6.79. The van der Waals surface area contributed by atoms with Crippen molar-refractivity contribution in [3.63, 3.8) is 0 Å². The summed E-state index contributed by atoms with van der Waals surface area (Å²) in [6.45, 7) is 0. The minimum absolute atomic E-state index is 0.861. The van der Waals surface area contributed by atoms with Crippen LogP contribution in [0, 0.1) is 4.64 Å². The normalized spacial score (nSPS) is 13.9. The van der Waals surface area contributed by atoms with E-state index in [-0.39, 0.29) is 0 Å². The Hall–Kier alpha value is -2.01.